The number of aryl methyl sites for hydroxylation is 1. The van der Waals surface area contributed by atoms with E-state index in [2.05, 4.69) is 41.1 Å². The van der Waals surface area contributed by atoms with E-state index in [0.717, 1.165) is 34.7 Å². The Hall–Kier alpha value is -3.76. The third-order valence-electron chi connectivity index (χ3n) is 8.26. The summed E-state index contributed by atoms with van der Waals surface area (Å²) in [6, 6.07) is 16.8. The summed E-state index contributed by atoms with van der Waals surface area (Å²) < 4.78 is 5.99. The maximum atomic E-state index is 12.8. The van der Waals surface area contributed by atoms with Gasteiger partial charge in [0.1, 0.15) is 5.75 Å². The van der Waals surface area contributed by atoms with Crippen molar-refractivity contribution >= 4 is 22.6 Å². The number of fused-ring (bicyclic) bond motifs is 1. The first-order chi connectivity index (χ1) is 24.0. The second kappa shape index (κ2) is 24.4. The Morgan fingerprint density at radius 2 is 1.24 bits per heavy atom. The van der Waals surface area contributed by atoms with Crippen molar-refractivity contribution in [2.75, 3.05) is 13.2 Å². The number of hydrogen-bond acceptors (Lipinski definition) is 7. The second-order valence-electron chi connectivity index (χ2n) is 12.6. The Bertz CT molecular complexity index is 1430. The molecule has 49 heavy (non-hydrogen) atoms. The molecule has 0 saturated heterocycles. The number of benzene rings is 3. The largest absolute Gasteiger partial charge is 0.494 e. The number of hydrazine groups is 2. The van der Waals surface area contributed by atoms with Gasteiger partial charge in [-0.05, 0) is 104 Å². The lowest BCUT2D eigenvalue weighted by atomic mass is 10.0. The van der Waals surface area contributed by atoms with Crippen LogP contribution in [0.15, 0.2) is 66.7 Å². The van der Waals surface area contributed by atoms with Crippen LogP contribution in [0, 0.1) is 6.92 Å². The molecular formula is C40H58N4O5. The number of rotatable bonds is 26. The summed E-state index contributed by atoms with van der Waals surface area (Å²) in [7, 11) is 0. The van der Waals surface area contributed by atoms with E-state index in [9.17, 15) is 9.59 Å². The van der Waals surface area contributed by atoms with E-state index in [4.69, 9.17) is 14.4 Å². The molecule has 0 aliphatic rings. The van der Waals surface area contributed by atoms with Crippen molar-refractivity contribution in [3.8, 4) is 5.75 Å². The molecule has 0 fully saturated rings. The van der Waals surface area contributed by atoms with Crippen molar-refractivity contribution in [2.24, 2.45) is 0 Å². The standard InChI is InChI=1S/C40H58N4O5/c1-4-6-7-8-9-10-11-12-13-14-15-16-17-18-19-20-25-47-38-27-32(3)26-37(30-38)40(46)42-44-49-31-33-21-22-35-29-36(24-23-34(35)28-33)39(45)41-43-48-5-2/h12-13,21-24,26-30,43-44H,4-11,14-20,25,31H2,1-3H3,(H,41,45)(H,42,46). The number of carbonyl (C=O) groups is 2. The fraction of sp³-hybridized carbons (Fsp3) is 0.500. The highest BCUT2D eigenvalue weighted by atomic mass is 16.7. The minimum Gasteiger partial charge on any atom is -0.494 e. The summed E-state index contributed by atoms with van der Waals surface area (Å²) >= 11 is 0. The van der Waals surface area contributed by atoms with Crippen molar-refractivity contribution in [2.45, 2.75) is 117 Å². The number of carbonyl (C=O) groups excluding carboxylic acids is 2. The highest BCUT2D eigenvalue weighted by Crippen LogP contribution is 2.20. The first kappa shape index (κ1) is 39.7. The zero-order valence-electron chi connectivity index (χ0n) is 29.9. The van der Waals surface area contributed by atoms with Gasteiger partial charge in [0.15, 0.2) is 0 Å². The Morgan fingerprint density at radius 1 is 0.633 bits per heavy atom. The SMILES string of the molecule is CCCCCCCCC=CCCCCCCCCOc1cc(C)cc(C(=O)NNOCc2ccc3cc(C(=O)NNOCC)ccc3c2)c1. The van der Waals surface area contributed by atoms with Crippen molar-refractivity contribution in [3.05, 3.63) is 89.0 Å². The molecule has 0 aliphatic heterocycles. The first-order valence-electron chi connectivity index (χ1n) is 18.3. The molecule has 0 spiro atoms. The lowest BCUT2D eigenvalue weighted by Gasteiger charge is -2.11. The number of amides is 2. The third-order valence-corrected chi connectivity index (χ3v) is 8.26. The Balaban J connectivity index is 1.27. The van der Waals surface area contributed by atoms with Crippen LogP contribution in [-0.4, -0.2) is 25.0 Å². The third kappa shape index (κ3) is 16.5. The molecule has 0 heterocycles. The van der Waals surface area contributed by atoms with Gasteiger partial charge in [0.2, 0.25) is 0 Å². The molecule has 0 aromatic heterocycles. The molecule has 9 nitrogen and oxygen atoms in total. The molecule has 3 aromatic rings. The maximum Gasteiger partial charge on any atom is 0.267 e. The molecule has 0 atom stereocenters. The Morgan fingerprint density at radius 3 is 1.96 bits per heavy atom. The van der Waals surface area contributed by atoms with Gasteiger partial charge in [0.25, 0.3) is 11.8 Å². The minimum absolute atomic E-state index is 0.231. The van der Waals surface area contributed by atoms with Gasteiger partial charge in [0.05, 0.1) is 19.8 Å². The van der Waals surface area contributed by atoms with E-state index in [0.29, 0.717) is 30.1 Å². The van der Waals surface area contributed by atoms with Crippen LogP contribution in [0.4, 0.5) is 0 Å². The van der Waals surface area contributed by atoms with Crippen molar-refractivity contribution in [1.82, 2.24) is 22.0 Å². The number of ether oxygens (including phenoxy) is 1. The molecule has 0 unspecified atom stereocenters. The molecule has 9 heteroatoms. The number of allylic oxidation sites excluding steroid dienone is 2. The summed E-state index contributed by atoms with van der Waals surface area (Å²) in [5.74, 6) is 0.0962. The van der Waals surface area contributed by atoms with Crippen LogP contribution in [0.25, 0.3) is 10.8 Å². The van der Waals surface area contributed by atoms with Gasteiger partial charge >= 0.3 is 0 Å². The molecule has 0 bridgehead atoms. The van der Waals surface area contributed by atoms with Gasteiger partial charge in [-0.3, -0.25) is 30.1 Å². The van der Waals surface area contributed by atoms with Crippen molar-refractivity contribution < 1.29 is 24.0 Å². The zero-order chi connectivity index (χ0) is 34.9. The van der Waals surface area contributed by atoms with Crippen LogP contribution < -0.4 is 26.8 Å². The average Bonchev–Trinajstić information content (AvgIpc) is 3.10. The van der Waals surface area contributed by atoms with E-state index in [1.165, 1.54) is 77.0 Å². The highest BCUT2D eigenvalue weighted by Gasteiger charge is 2.10. The molecular weight excluding hydrogens is 616 g/mol. The van der Waals surface area contributed by atoms with E-state index in [1.54, 1.807) is 18.2 Å². The number of hydrogen-bond donors (Lipinski definition) is 4. The Labute approximate surface area is 293 Å². The van der Waals surface area contributed by atoms with E-state index in [1.807, 2.05) is 50.2 Å². The quantitative estimate of drug-likeness (QED) is 0.0382. The molecule has 3 rings (SSSR count). The summed E-state index contributed by atoms with van der Waals surface area (Å²) in [6.07, 6.45) is 22.6. The smallest absolute Gasteiger partial charge is 0.267 e. The Kier molecular flexibility index (Phi) is 19.7. The molecule has 0 saturated carbocycles. The lowest BCUT2D eigenvalue weighted by molar-refractivity contribution is 0.000667. The van der Waals surface area contributed by atoms with Crippen LogP contribution >= 0.6 is 0 Å². The van der Waals surface area contributed by atoms with Crippen molar-refractivity contribution in [3.63, 3.8) is 0 Å². The predicted octanol–water partition coefficient (Wildman–Crippen LogP) is 9.12. The van der Waals surface area contributed by atoms with Gasteiger partial charge < -0.3 is 4.74 Å². The monoisotopic (exact) mass is 674 g/mol. The van der Waals surface area contributed by atoms with Crippen molar-refractivity contribution in [1.29, 1.82) is 0 Å². The fourth-order valence-corrected chi connectivity index (χ4v) is 5.53. The van der Waals surface area contributed by atoms with E-state index >= 15 is 0 Å². The van der Waals surface area contributed by atoms with Crippen LogP contribution in [-0.2, 0) is 16.3 Å². The lowest BCUT2D eigenvalue weighted by Crippen LogP contribution is -2.37. The zero-order valence-corrected chi connectivity index (χ0v) is 29.9. The number of nitrogens with one attached hydrogen (secondary N) is 4. The summed E-state index contributed by atoms with van der Waals surface area (Å²) in [6.45, 7) is 7.33. The van der Waals surface area contributed by atoms with Crippen LogP contribution in [0.1, 0.15) is 136 Å². The topological polar surface area (TPSA) is 110 Å². The second-order valence-corrected chi connectivity index (χ2v) is 12.6. The van der Waals surface area contributed by atoms with E-state index in [-0.39, 0.29) is 18.4 Å². The van der Waals surface area contributed by atoms with E-state index < -0.39 is 0 Å². The van der Waals surface area contributed by atoms with Gasteiger partial charge in [-0.15, -0.1) is 11.2 Å². The minimum atomic E-state index is -0.311. The van der Waals surface area contributed by atoms with Gasteiger partial charge in [-0.1, -0.05) is 95.1 Å². The molecule has 268 valence electrons. The molecule has 0 radical (unpaired) electrons. The molecule has 2 amide bonds. The maximum absolute atomic E-state index is 12.8. The average molecular weight is 675 g/mol. The summed E-state index contributed by atoms with van der Waals surface area (Å²) in [4.78, 5) is 35.5. The molecule has 3 aromatic carbocycles. The normalized spacial score (nSPS) is 11.3. The molecule has 0 aliphatic carbocycles. The first-order valence-corrected chi connectivity index (χ1v) is 18.3. The van der Waals surface area contributed by atoms with Crippen LogP contribution in [0.2, 0.25) is 0 Å². The predicted molar refractivity (Wildman–Crippen MR) is 198 cm³/mol. The number of unbranched alkanes of at least 4 members (excludes halogenated alkanes) is 12. The summed E-state index contributed by atoms with van der Waals surface area (Å²) in [5.41, 5.74) is 12.9. The highest BCUT2D eigenvalue weighted by molar-refractivity contribution is 5.98. The van der Waals surface area contributed by atoms with Gasteiger partial charge in [-0.25, -0.2) is 0 Å². The van der Waals surface area contributed by atoms with Gasteiger partial charge in [-0.2, -0.15) is 0 Å². The van der Waals surface area contributed by atoms with Crippen LogP contribution in [0.5, 0.6) is 5.75 Å². The fourth-order valence-electron chi connectivity index (χ4n) is 5.53. The van der Waals surface area contributed by atoms with Gasteiger partial charge in [0, 0.05) is 11.1 Å². The summed E-state index contributed by atoms with van der Waals surface area (Å²) in [5, 5.41) is 1.88. The molecule has 4 N–H and O–H groups in total. The van der Waals surface area contributed by atoms with Crippen LogP contribution in [0.3, 0.4) is 0 Å².